The van der Waals surface area contributed by atoms with Gasteiger partial charge in [0.25, 0.3) is 0 Å². The number of carbonyl (C=O) groups is 2. The molecule has 0 heterocycles. The molecule has 0 aromatic rings. The first-order valence-electron chi connectivity index (χ1n) is 20.2. The first kappa shape index (κ1) is 45.5. The van der Waals surface area contributed by atoms with Crippen LogP contribution >= 0.6 is 0 Å². The highest BCUT2D eigenvalue weighted by atomic mass is 16.5. The minimum atomic E-state index is -0.161. The molecule has 0 atom stereocenters. The van der Waals surface area contributed by atoms with Crippen molar-refractivity contribution in [1.82, 2.24) is 0 Å². The molecule has 0 fully saturated rings. The Morgan fingerprint density at radius 3 is 1.32 bits per heavy atom. The minimum Gasteiger partial charge on any atom is -0.461 e. The first-order valence-corrected chi connectivity index (χ1v) is 20.2. The zero-order valence-electron chi connectivity index (χ0n) is 35.2. The van der Waals surface area contributed by atoms with Crippen molar-refractivity contribution >= 4 is 11.9 Å². The Bertz CT molecular complexity index is 1410. The van der Waals surface area contributed by atoms with Gasteiger partial charge in [0.1, 0.15) is 13.2 Å². The van der Waals surface area contributed by atoms with E-state index < -0.39 is 0 Å². The highest BCUT2D eigenvalue weighted by Crippen LogP contribution is 2.41. The van der Waals surface area contributed by atoms with Gasteiger partial charge in [0, 0.05) is 12.8 Å². The maximum absolute atomic E-state index is 12.2. The van der Waals surface area contributed by atoms with Crippen molar-refractivity contribution < 1.29 is 19.1 Å². The van der Waals surface area contributed by atoms with Crippen molar-refractivity contribution in [1.29, 1.82) is 0 Å². The van der Waals surface area contributed by atoms with Gasteiger partial charge in [-0.05, 0) is 127 Å². The van der Waals surface area contributed by atoms with Gasteiger partial charge in [-0.1, -0.05) is 141 Å². The van der Waals surface area contributed by atoms with Crippen LogP contribution in [0.5, 0.6) is 0 Å². The zero-order valence-corrected chi connectivity index (χ0v) is 35.2. The quantitative estimate of drug-likeness (QED) is 0.0712. The van der Waals surface area contributed by atoms with E-state index in [1.807, 2.05) is 50.3 Å². The van der Waals surface area contributed by atoms with E-state index in [9.17, 15) is 9.59 Å². The molecule has 0 amide bonds. The fraction of sp³-hybridized carbons (Fsp3) is 0.551. The summed E-state index contributed by atoms with van der Waals surface area (Å²) in [6, 6.07) is 0. The van der Waals surface area contributed by atoms with E-state index in [-0.39, 0.29) is 22.8 Å². The summed E-state index contributed by atoms with van der Waals surface area (Å²) >= 11 is 0. The molecule has 0 bridgehead atoms. The second-order valence-electron chi connectivity index (χ2n) is 16.6. The number of carbonyl (C=O) groups excluding carboxylic acids is 2. The lowest BCUT2D eigenvalue weighted by atomic mass is 9.72. The molecule has 0 saturated heterocycles. The van der Waals surface area contributed by atoms with Crippen LogP contribution in [0.15, 0.2) is 117 Å². The van der Waals surface area contributed by atoms with E-state index in [1.165, 1.54) is 72.0 Å². The number of esters is 2. The predicted molar refractivity (Wildman–Crippen MR) is 226 cm³/mol. The number of allylic oxidation sites excluding steroid dienone is 18. The Kier molecular flexibility index (Phi) is 20.5. The summed E-state index contributed by atoms with van der Waals surface area (Å²) in [5.41, 5.74) is 11.0. The van der Waals surface area contributed by atoms with E-state index in [2.05, 4.69) is 91.8 Å². The Morgan fingerprint density at radius 1 is 0.566 bits per heavy atom. The molecule has 292 valence electrons. The highest BCUT2D eigenvalue weighted by Gasteiger charge is 2.27. The summed E-state index contributed by atoms with van der Waals surface area (Å²) in [7, 11) is 0. The van der Waals surface area contributed by atoms with Crippen LogP contribution in [0.3, 0.4) is 0 Å². The standard InChI is InChI=1S/C49H72O4/c1-38(28-30-44-42(5)24-18-34-48(44,7)8)20-16-22-40(3)32-36-52-46(50)26-14-12-11-13-15-27-47(51)53-37-33-41(4)23-17-21-39(2)29-31-45-43(6)25-19-35-49(45,9)10/h16-17,20-23,28-33H,11-15,18-19,24-27,34-37H2,1-10H3. The normalized spacial score (nSPS) is 19.1. The maximum Gasteiger partial charge on any atom is 0.306 e. The lowest BCUT2D eigenvalue weighted by Crippen LogP contribution is -2.19. The van der Waals surface area contributed by atoms with Crippen LogP contribution in [-0.2, 0) is 19.1 Å². The molecular weight excluding hydrogens is 653 g/mol. The lowest BCUT2D eigenvalue weighted by molar-refractivity contribution is -0.143. The summed E-state index contributed by atoms with van der Waals surface area (Å²) in [6.07, 6.45) is 38.1. The van der Waals surface area contributed by atoms with Gasteiger partial charge in [-0.3, -0.25) is 9.59 Å². The smallest absolute Gasteiger partial charge is 0.306 e. The first-order chi connectivity index (χ1) is 25.1. The third kappa shape index (κ3) is 18.8. The number of ether oxygens (including phenoxy) is 2. The molecule has 2 rings (SSSR count). The molecule has 0 aliphatic heterocycles. The van der Waals surface area contributed by atoms with Crippen LogP contribution in [0.4, 0.5) is 0 Å². The van der Waals surface area contributed by atoms with Crippen LogP contribution in [0.1, 0.15) is 153 Å². The topological polar surface area (TPSA) is 52.6 Å². The maximum atomic E-state index is 12.2. The monoisotopic (exact) mass is 725 g/mol. The van der Waals surface area contributed by atoms with Crippen molar-refractivity contribution in [2.75, 3.05) is 13.2 Å². The molecule has 0 aromatic heterocycles. The Balaban J connectivity index is 1.55. The second kappa shape index (κ2) is 23.9. The summed E-state index contributed by atoms with van der Waals surface area (Å²) in [5.74, 6) is -0.323. The van der Waals surface area contributed by atoms with E-state index >= 15 is 0 Å². The van der Waals surface area contributed by atoms with Crippen molar-refractivity contribution in [3.05, 3.63) is 117 Å². The fourth-order valence-corrected chi connectivity index (χ4v) is 7.15. The van der Waals surface area contributed by atoms with Gasteiger partial charge in [-0.25, -0.2) is 0 Å². The van der Waals surface area contributed by atoms with Gasteiger partial charge in [0.15, 0.2) is 0 Å². The average molecular weight is 725 g/mol. The Hall–Kier alpha value is -3.66. The van der Waals surface area contributed by atoms with Crippen LogP contribution in [0.25, 0.3) is 0 Å². The van der Waals surface area contributed by atoms with Gasteiger partial charge >= 0.3 is 11.9 Å². The molecule has 0 aromatic carbocycles. The van der Waals surface area contributed by atoms with Crippen molar-refractivity contribution in [2.45, 2.75) is 153 Å². The largest absolute Gasteiger partial charge is 0.461 e. The third-order valence-corrected chi connectivity index (χ3v) is 10.6. The molecule has 0 saturated carbocycles. The van der Waals surface area contributed by atoms with Gasteiger partial charge in [-0.2, -0.15) is 0 Å². The molecule has 0 N–H and O–H groups in total. The van der Waals surface area contributed by atoms with Crippen molar-refractivity contribution in [3.8, 4) is 0 Å². The highest BCUT2D eigenvalue weighted by molar-refractivity contribution is 5.69. The van der Waals surface area contributed by atoms with Crippen LogP contribution in [-0.4, -0.2) is 25.2 Å². The third-order valence-electron chi connectivity index (χ3n) is 10.6. The van der Waals surface area contributed by atoms with Crippen LogP contribution in [0.2, 0.25) is 0 Å². The summed E-state index contributed by atoms with van der Waals surface area (Å²) < 4.78 is 10.8. The Morgan fingerprint density at radius 2 is 0.943 bits per heavy atom. The molecule has 4 nitrogen and oxygen atoms in total. The molecule has 4 heteroatoms. The lowest BCUT2D eigenvalue weighted by Gasteiger charge is -2.33. The van der Waals surface area contributed by atoms with E-state index in [1.54, 1.807) is 0 Å². The minimum absolute atomic E-state index is 0.161. The zero-order chi connectivity index (χ0) is 39.3. The summed E-state index contributed by atoms with van der Waals surface area (Å²) in [6.45, 7) is 22.8. The average Bonchev–Trinajstić information content (AvgIpc) is 3.06. The van der Waals surface area contributed by atoms with Crippen molar-refractivity contribution in [2.24, 2.45) is 10.8 Å². The van der Waals surface area contributed by atoms with Gasteiger partial charge in [0.05, 0.1) is 0 Å². The SMILES string of the molecule is CC(C=CC1=C(C)CCCC1(C)C)=CC=CC(C)=CCOC(=O)CCCCCCCC(=O)OCC=C(C)C=CC=C(C)C=CC1=C(C)CCCC1(C)C. The molecule has 2 aliphatic rings. The van der Waals surface area contributed by atoms with E-state index in [4.69, 9.17) is 9.47 Å². The molecule has 0 unspecified atom stereocenters. The molecule has 53 heavy (non-hydrogen) atoms. The molecule has 2 aliphatic carbocycles. The number of unbranched alkanes of at least 4 members (excludes halogenated alkanes) is 4. The number of hydrogen-bond donors (Lipinski definition) is 0. The molecule has 0 radical (unpaired) electrons. The van der Waals surface area contributed by atoms with E-state index in [0.29, 0.717) is 26.1 Å². The summed E-state index contributed by atoms with van der Waals surface area (Å²) in [5, 5.41) is 0. The van der Waals surface area contributed by atoms with E-state index in [0.717, 1.165) is 43.3 Å². The molecular formula is C49H72O4. The Labute approximate surface area is 324 Å². The van der Waals surface area contributed by atoms with Crippen molar-refractivity contribution in [3.63, 3.8) is 0 Å². The van der Waals surface area contributed by atoms with Gasteiger partial charge in [0.2, 0.25) is 0 Å². The molecule has 0 spiro atoms. The number of hydrogen-bond acceptors (Lipinski definition) is 4. The number of rotatable bonds is 20. The second-order valence-corrected chi connectivity index (χ2v) is 16.6. The summed E-state index contributed by atoms with van der Waals surface area (Å²) in [4.78, 5) is 24.3. The van der Waals surface area contributed by atoms with Gasteiger partial charge < -0.3 is 9.47 Å². The fourth-order valence-electron chi connectivity index (χ4n) is 7.15. The van der Waals surface area contributed by atoms with Gasteiger partial charge in [-0.15, -0.1) is 0 Å². The predicted octanol–water partition coefficient (Wildman–Crippen LogP) is 13.9. The van der Waals surface area contributed by atoms with Crippen LogP contribution < -0.4 is 0 Å². The van der Waals surface area contributed by atoms with Crippen LogP contribution in [0, 0.1) is 10.8 Å².